The summed E-state index contributed by atoms with van der Waals surface area (Å²) < 4.78 is 6.58. The molecular formula is C43H25N3O. The van der Waals surface area contributed by atoms with Gasteiger partial charge in [0, 0.05) is 33.0 Å². The molecule has 0 bridgehead atoms. The van der Waals surface area contributed by atoms with Crippen LogP contribution in [0.4, 0.5) is 0 Å². The predicted molar refractivity (Wildman–Crippen MR) is 191 cm³/mol. The molecule has 0 unspecified atom stereocenters. The van der Waals surface area contributed by atoms with Crippen molar-refractivity contribution in [1.82, 2.24) is 15.0 Å². The molecule has 218 valence electrons. The van der Waals surface area contributed by atoms with Crippen LogP contribution in [0.2, 0.25) is 0 Å². The van der Waals surface area contributed by atoms with E-state index < -0.39 is 0 Å². The number of nitrogens with zero attached hydrogens (tertiary/aromatic N) is 3. The lowest BCUT2D eigenvalue weighted by Gasteiger charge is -2.12. The number of hydrogen-bond acceptors (Lipinski definition) is 4. The van der Waals surface area contributed by atoms with Crippen LogP contribution in [0, 0.1) is 0 Å². The van der Waals surface area contributed by atoms with Gasteiger partial charge in [0.1, 0.15) is 11.2 Å². The molecule has 0 saturated carbocycles. The maximum Gasteiger partial charge on any atom is 0.164 e. The van der Waals surface area contributed by atoms with Gasteiger partial charge in [-0.3, -0.25) is 0 Å². The van der Waals surface area contributed by atoms with E-state index in [-0.39, 0.29) is 0 Å². The Labute approximate surface area is 270 Å². The Morgan fingerprint density at radius 1 is 0.319 bits per heavy atom. The van der Waals surface area contributed by atoms with Crippen LogP contribution >= 0.6 is 0 Å². The first kappa shape index (κ1) is 25.9. The first-order valence-corrected chi connectivity index (χ1v) is 15.8. The van der Waals surface area contributed by atoms with Crippen molar-refractivity contribution in [1.29, 1.82) is 0 Å². The number of rotatable bonds is 4. The highest BCUT2D eigenvalue weighted by molar-refractivity contribution is 6.19. The molecule has 0 spiro atoms. The van der Waals surface area contributed by atoms with Gasteiger partial charge in [0.2, 0.25) is 0 Å². The lowest BCUT2D eigenvalue weighted by molar-refractivity contribution is 0.670. The quantitative estimate of drug-likeness (QED) is 0.202. The molecule has 0 N–H and O–H groups in total. The zero-order chi connectivity index (χ0) is 30.9. The number of benzene rings is 7. The van der Waals surface area contributed by atoms with E-state index >= 15 is 0 Å². The maximum atomic E-state index is 6.58. The van der Waals surface area contributed by atoms with Gasteiger partial charge in [-0.1, -0.05) is 127 Å². The van der Waals surface area contributed by atoms with E-state index in [4.69, 9.17) is 19.4 Å². The topological polar surface area (TPSA) is 51.8 Å². The first-order chi connectivity index (χ1) is 23.3. The second-order valence-corrected chi connectivity index (χ2v) is 11.9. The zero-order valence-corrected chi connectivity index (χ0v) is 25.2. The van der Waals surface area contributed by atoms with Gasteiger partial charge in [-0.15, -0.1) is 0 Å². The fraction of sp³-hybridized carbons (Fsp3) is 0. The van der Waals surface area contributed by atoms with Crippen LogP contribution in [0.15, 0.2) is 156 Å². The van der Waals surface area contributed by atoms with Gasteiger partial charge in [0.15, 0.2) is 17.5 Å². The summed E-state index contributed by atoms with van der Waals surface area (Å²) in [4.78, 5) is 15.5. The van der Waals surface area contributed by atoms with Crippen molar-refractivity contribution in [3.63, 3.8) is 0 Å². The van der Waals surface area contributed by atoms with Gasteiger partial charge in [-0.25, -0.2) is 15.0 Å². The third-order valence-corrected chi connectivity index (χ3v) is 9.31. The zero-order valence-electron chi connectivity index (χ0n) is 25.2. The van der Waals surface area contributed by atoms with Crippen molar-refractivity contribution in [2.45, 2.75) is 0 Å². The number of fused-ring (bicyclic) bond motifs is 6. The monoisotopic (exact) mass is 599 g/mol. The van der Waals surface area contributed by atoms with E-state index in [0.29, 0.717) is 17.5 Å². The number of furan rings is 1. The third-order valence-electron chi connectivity index (χ3n) is 9.31. The average Bonchev–Trinajstić information content (AvgIpc) is 3.69. The van der Waals surface area contributed by atoms with Gasteiger partial charge in [-0.2, -0.15) is 0 Å². The number of aromatic nitrogens is 3. The number of hydrogen-bond donors (Lipinski definition) is 0. The summed E-state index contributed by atoms with van der Waals surface area (Å²) >= 11 is 0. The van der Waals surface area contributed by atoms with Gasteiger partial charge in [-0.05, 0) is 62.9 Å². The summed E-state index contributed by atoms with van der Waals surface area (Å²) in [6.45, 7) is 0. The van der Waals surface area contributed by atoms with Crippen molar-refractivity contribution in [3.8, 4) is 67.5 Å². The fourth-order valence-corrected chi connectivity index (χ4v) is 7.20. The van der Waals surface area contributed by atoms with E-state index in [2.05, 4.69) is 103 Å². The molecule has 4 heteroatoms. The first-order valence-electron chi connectivity index (χ1n) is 15.8. The Balaban J connectivity index is 1.26. The highest BCUT2D eigenvalue weighted by Gasteiger charge is 2.25. The standard InChI is InChI=1S/C43H25N3O/c1-3-12-26(13-4-1)28-22-25-36(39-35-18-9-10-21-37(35)47-40(28)39)43-45-41(27-14-5-2-6-15-27)44-42(46-43)34-24-23-33-30-17-8-7-16-29(30)31-19-11-20-32(34)38(31)33/h1-25H. The highest BCUT2D eigenvalue weighted by atomic mass is 16.3. The summed E-state index contributed by atoms with van der Waals surface area (Å²) in [5, 5.41) is 4.39. The minimum Gasteiger partial charge on any atom is -0.455 e. The summed E-state index contributed by atoms with van der Waals surface area (Å²) in [6.07, 6.45) is 0. The van der Waals surface area contributed by atoms with Gasteiger partial charge in [0.25, 0.3) is 0 Å². The molecule has 1 aliphatic rings. The summed E-state index contributed by atoms with van der Waals surface area (Å²) in [5.41, 5.74) is 11.6. The van der Waals surface area contributed by atoms with Crippen LogP contribution in [-0.2, 0) is 0 Å². The molecule has 4 nitrogen and oxygen atoms in total. The molecule has 0 fully saturated rings. The van der Waals surface area contributed by atoms with Crippen molar-refractivity contribution in [2.75, 3.05) is 0 Å². The Hall–Kier alpha value is -6.39. The minimum atomic E-state index is 0.608. The molecule has 47 heavy (non-hydrogen) atoms. The highest BCUT2D eigenvalue weighted by Crippen LogP contribution is 2.49. The molecule has 0 aliphatic heterocycles. The second-order valence-electron chi connectivity index (χ2n) is 11.9. The van der Waals surface area contributed by atoms with Gasteiger partial charge in [0.05, 0.1) is 0 Å². The van der Waals surface area contributed by atoms with Crippen LogP contribution in [-0.4, -0.2) is 15.0 Å². The molecular weight excluding hydrogens is 574 g/mol. The van der Waals surface area contributed by atoms with E-state index in [9.17, 15) is 0 Å². The smallest absolute Gasteiger partial charge is 0.164 e. The average molecular weight is 600 g/mol. The second kappa shape index (κ2) is 10.1. The molecule has 0 radical (unpaired) electrons. The van der Waals surface area contributed by atoms with E-state index in [1.807, 2.05) is 48.5 Å². The van der Waals surface area contributed by atoms with Gasteiger partial charge < -0.3 is 4.42 Å². The maximum absolute atomic E-state index is 6.58. The fourth-order valence-electron chi connectivity index (χ4n) is 7.20. The summed E-state index contributed by atoms with van der Waals surface area (Å²) in [5.74, 6) is 1.88. The molecule has 0 amide bonds. The Morgan fingerprint density at radius 3 is 1.64 bits per heavy atom. The molecule has 2 heterocycles. The van der Waals surface area contributed by atoms with Crippen LogP contribution in [0.5, 0.6) is 0 Å². The lowest BCUT2D eigenvalue weighted by atomic mass is 9.97. The third kappa shape index (κ3) is 3.92. The normalized spacial score (nSPS) is 11.8. The SMILES string of the molecule is c1ccc(-c2nc(-c3ccc4c5c(cccc35)-c3ccccc3-4)nc(-c3ccc(-c4ccccc4)c4oc5ccccc5c34)n2)cc1. The lowest BCUT2D eigenvalue weighted by Crippen LogP contribution is -2.01. The molecule has 10 rings (SSSR count). The molecule has 7 aromatic carbocycles. The summed E-state index contributed by atoms with van der Waals surface area (Å²) in [7, 11) is 0. The van der Waals surface area contributed by atoms with Crippen LogP contribution in [0.1, 0.15) is 0 Å². The summed E-state index contributed by atoms with van der Waals surface area (Å²) in [6, 6.07) is 52.5. The van der Waals surface area contributed by atoms with E-state index in [1.54, 1.807) is 0 Å². The van der Waals surface area contributed by atoms with Crippen LogP contribution < -0.4 is 0 Å². The Bertz CT molecular complexity index is 2650. The van der Waals surface area contributed by atoms with E-state index in [1.165, 1.54) is 27.6 Å². The van der Waals surface area contributed by atoms with Crippen molar-refractivity contribution in [2.24, 2.45) is 0 Å². The molecule has 2 aromatic heterocycles. The van der Waals surface area contributed by atoms with Crippen LogP contribution in [0.3, 0.4) is 0 Å². The van der Waals surface area contributed by atoms with Crippen LogP contribution in [0.25, 0.3) is 100 Å². The largest absolute Gasteiger partial charge is 0.455 e. The van der Waals surface area contributed by atoms with Crippen molar-refractivity contribution < 1.29 is 4.42 Å². The van der Waals surface area contributed by atoms with E-state index in [0.717, 1.165) is 55.1 Å². The number of para-hydroxylation sites is 1. The Kier molecular flexibility index (Phi) is 5.54. The molecule has 0 saturated heterocycles. The minimum absolute atomic E-state index is 0.608. The predicted octanol–water partition coefficient (Wildman–Crippen LogP) is 11.2. The van der Waals surface area contributed by atoms with Crippen molar-refractivity contribution in [3.05, 3.63) is 152 Å². The van der Waals surface area contributed by atoms with Gasteiger partial charge >= 0.3 is 0 Å². The molecule has 0 atom stereocenters. The van der Waals surface area contributed by atoms with Crippen molar-refractivity contribution >= 4 is 32.7 Å². The molecule has 1 aliphatic carbocycles. The Morgan fingerprint density at radius 2 is 0.851 bits per heavy atom. The molecule has 9 aromatic rings.